The second-order valence-corrected chi connectivity index (χ2v) is 6.64. The van der Waals surface area contributed by atoms with Gasteiger partial charge in [-0.25, -0.2) is 4.39 Å². The molecule has 2 unspecified atom stereocenters. The average Bonchev–Trinajstić information content (AvgIpc) is 2.58. The molecule has 1 heterocycles. The van der Waals surface area contributed by atoms with Crippen LogP contribution in [0.2, 0.25) is 0 Å². The number of guanidine groups is 1. The van der Waals surface area contributed by atoms with E-state index in [2.05, 4.69) is 15.2 Å². The first-order valence-electron chi connectivity index (χ1n) is 8.97. The van der Waals surface area contributed by atoms with Crippen LogP contribution < -0.4 is 5.32 Å². The molecule has 0 aliphatic carbocycles. The standard InChI is InChI=1S/C19H30FN3O2.HI/c1-14(2)24-11-5-10-22-19(21-4)23-12-15(3)25-18(13-23)16-6-8-17(20)9-7-16;/h6-9,14-15,18H,5,10-13H2,1-4H3,(H,21,22);1H. The van der Waals surface area contributed by atoms with E-state index in [1.54, 1.807) is 19.2 Å². The maximum atomic E-state index is 13.2. The number of rotatable bonds is 6. The summed E-state index contributed by atoms with van der Waals surface area (Å²) in [5.74, 6) is 0.636. The predicted molar refractivity (Wildman–Crippen MR) is 114 cm³/mol. The lowest BCUT2D eigenvalue weighted by atomic mass is 10.1. The number of hydrogen-bond donors (Lipinski definition) is 1. The van der Waals surface area contributed by atoms with Crippen LogP contribution in [0.3, 0.4) is 0 Å². The quantitative estimate of drug-likeness (QED) is 0.293. The highest BCUT2D eigenvalue weighted by Gasteiger charge is 2.28. The molecule has 1 fully saturated rings. The highest BCUT2D eigenvalue weighted by molar-refractivity contribution is 14.0. The van der Waals surface area contributed by atoms with E-state index in [9.17, 15) is 4.39 Å². The molecule has 0 aromatic heterocycles. The Morgan fingerprint density at radius 2 is 2.04 bits per heavy atom. The molecule has 2 atom stereocenters. The van der Waals surface area contributed by atoms with Crippen molar-refractivity contribution >= 4 is 29.9 Å². The van der Waals surface area contributed by atoms with Gasteiger partial charge in [-0.15, -0.1) is 24.0 Å². The van der Waals surface area contributed by atoms with Crippen molar-refractivity contribution in [2.75, 3.05) is 33.3 Å². The van der Waals surface area contributed by atoms with Crippen LogP contribution in [0.25, 0.3) is 0 Å². The van der Waals surface area contributed by atoms with Crippen LogP contribution in [0.5, 0.6) is 0 Å². The van der Waals surface area contributed by atoms with E-state index in [0.29, 0.717) is 6.54 Å². The topological polar surface area (TPSA) is 46.1 Å². The van der Waals surface area contributed by atoms with Gasteiger partial charge in [0.2, 0.25) is 0 Å². The van der Waals surface area contributed by atoms with Crippen molar-refractivity contribution in [3.05, 3.63) is 35.6 Å². The third-order valence-electron chi connectivity index (χ3n) is 4.07. The van der Waals surface area contributed by atoms with Gasteiger partial charge in [0.05, 0.1) is 18.8 Å². The molecule has 1 N–H and O–H groups in total. The highest BCUT2D eigenvalue weighted by Crippen LogP contribution is 2.25. The zero-order valence-corrected chi connectivity index (χ0v) is 18.4. The first-order chi connectivity index (χ1) is 12.0. The lowest BCUT2D eigenvalue weighted by Gasteiger charge is -2.38. The van der Waals surface area contributed by atoms with Crippen LogP contribution in [0.4, 0.5) is 4.39 Å². The molecule has 1 aliphatic heterocycles. The van der Waals surface area contributed by atoms with Crippen LogP contribution in [0.1, 0.15) is 38.9 Å². The molecule has 1 aliphatic rings. The van der Waals surface area contributed by atoms with E-state index >= 15 is 0 Å². The monoisotopic (exact) mass is 479 g/mol. The summed E-state index contributed by atoms with van der Waals surface area (Å²) in [6.07, 6.45) is 1.17. The van der Waals surface area contributed by atoms with E-state index in [4.69, 9.17) is 9.47 Å². The van der Waals surface area contributed by atoms with E-state index in [0.717, 1.165) is 37.6 Å². The lowest BCUT2D eigenvalue weighted by Crippen LogP contribution is -2.50. The normalized spacial score (nSPS) is 20.8. The van der Waals surface area contributed by atoms with Crippen molar-refractivity contribution in [2.24, 2.45) is 4.99 Å². The molecule has 1 aromatic rings. The molecule has 0 bridgehead atoms. The Morgan fingerprint density at radius 1 is 1.35 bits per heavy atom. The first-order valence-corrected chi connectivity index (χ1v) is 8.97. The Labute approximate surface area is 173 Å². The first kappa shape index (κ1) is 23.1. The summed E-state index contributed by atoms with van der Waals surface area (Å²) in [4.78, 5) is 6.60. The fraction of sp³-hybridized carbons (Fsp3) is 0.632. The predicted octanol–water partition coefficient (Wildman–Crippen LogP) is 3.60. The third-order valence-corrected chi connectivity index (χ3v) is 4.07. The van der Waals surface area contributed by atoms with E-state index in [-0.39, 0.29) is 48.1 Å². The van der Waals surface area contributed by atoms with Crippen molar-refractivity contribution < 1.29 is 13.9 Å². The summed E-state index contributed by atoms with van der Waals surface area (Å²) in [6.45, 7) is 9.14. The second kappa shape index (κ2) is 11.7. The van der Waals surface area contributed by atoms with E-state index < -0.39 is 0 Å². The third kappa shape index (κ3) is 7.36. The summed E-state index contributed by atoms with van der Waals surface area (Å²) >= 11 is 0. The van der Waals surface area contributed by atoms with Crippen molar-refractivity contribution in [1.29, 1.82) is 0 Å². The number of morpholine rings is 1. The Hall–Kier alpha value is -0.930. The van der Waals surface area contributed by atoms with Gasteiger partial charge >= 0.3 is 0 Å². The number of benzene rings is 1. The Bertz CT molecular complexity index is 554. The van der Waals surface area contributed by atoms with Gasteiger partial charge in [-0.1, -0.05) is 12.1 Å². The smallest absolute Gasteiger partial charge is 0.193 e. The minimum absolute atomic E-state index is 0. The lowest BCUT2D eigenvalue weighted by molar-refractivity contribution is -0.0605. The number of nitrogens with zero attached hydrogens (tertiary/aromatic N) is 2. The maximum Gasteiger partial charge on any atom is 0.193 e. The minimum atomic E-state index is -0.231. The molecule has 0 spiro atoms. The van der Waals surface area contributed by atoms with Gasteiger partial charge in [0.15, 0.2) is 5.96 Å². The zero-order valence-electron chi connectivity index (χ0n) is 16.1. The molecule has 0 saturated carbocycles. The van der Waals surface area contributed by atoms with Gasteiger partial charge in [0, 0.05) is 26.7 Å². The molecule has 148 valence electrons. The molecule has 1 aromatic carbocycles. The number of ether oxygens (including phenoxy) is 2. The molecular weight excluding hydrogens is 448 g/mol. The van der Waals surface area contributed by atoms with Crippen molar-refractivity contribution in [1.82, 2.24) is 10.2 Å². The maximum absolute atomic E-state index is 13.2. The van der Waals surface area contributed by atoms with Gasteiger partial charge in [0.1, 0.15) is 11.9 Å². The van der Waals surface area contributed by atoms with Crippen molar-refractivity contribution in [3.63, 3.8) is 0 Å². The molecule has 0 amide bonds. The van der Waals surface area contributed by atoms with E-state index in [1.165, 1.54) is 12.1 Å². The Morgan fingerprint density at radius 3 is 2.65 bits per heavy atom. The summed E-state index contributed by atoms with van der Waals surface area (Å²) in [6, 6.07) is 6.53. The van der Waals surface area contributed by atoms with Crippen LogP contribution >= 0.6 is 24.0 Å². The minimum Gasteiger partial charge on any atom is -0.379 e. The molecule has 2 rings (SSSR count). The number of hydrogen-bond acceptors (Lipinski definition) is 3. The van der Waals surface area contributed by atoms with Gasteiger partial charge in [-0.05, 0) is 44.9 Å². The number of aliphatic imine (C=N–C) groups is 1. The van der Waals surface area contributed by atoms with Crippen LogP contribution in [0.15, 0.2) is 29.3 Å². The van der Waals surface area contributed by atoms with Crippen molar-refractivity contribution in [2.45, 2.75) is 45.5 Å². The summed E-state index contributed by atoms with van der Waals surface area (Å²) in [7, 11) is 1.79. The SMILES string of the molecule is CN=C(NCCCOC(C)C)N1CC(C)OC(c2ccc(F)cc2)C1.I. The number of halogens is 2. The van der Waals surface area contributed by atoms with Gasteiger partial charge < -0.3 is 19.7 Å². The molecule has 5 nitrogen and oxygen atoms in total. The molecule has 26 heavy (non-hydrogen) atoms. The Kier molecular flexibility index (Phi) is 10.4. The summed E-state index contributed by atoms with van der Waals surface area (Å²) in [5.41, 5.74) is 0.985. The fourth-order valence-corrected chi connectivity index (χ4v) is 2.91. The summed E-state index contributed by atoms with van der Waals surface area (Å²) in [5, 5.41) is 3.39. The fourth-order valence-electron chi connectivity index (χ4n) is 2.91. The second-order valence-electron chi connectivity index (χ2n) is 6.64. The van der Waals surface area contributed by atoms with Gasteiger partial charge in [-0.2, -0.15) is 0 Å². The van der Waals surface area contributed by atoms with Crippen molar-refractivity contribution in [3.8, 4) is 0 Å². The van der Waals surface area contributed by atoms with Gasteiger partial charge in [-0.3, -0.25) is 4.99 Å². The average molecular weight is 479 g/mol. The summed E-state index contributed by atoms with van der Waals surface area (Å²) < 4.78 is 24.8. The molecular formula is C19H31FIN3O2. The zero-order chi connectivity index (χ0) is 18.2. The largest absolute Gasteiger partial charge is 0.379 e. The molecule has 1 saturated heterocycles. The van der Waals surface area contributed by atoms with Crippen LogP contribution in [-0.4, -0.2) is 56.4 Å². The van der Waals surface area contributed by atoms with Crippen LogP contribution in [-0.2, 0) is 9.47 Å². The Balaban J connectivity index is 0.00000338. The highest BCUT2D eigenvalue weighted by atomic mass is 127. The van der Waals surface area contributed by atoms with Gasteiger partial charge in [0.25, 0.3) is 0 Å². The van der Waals surface area contributed by atoms with E-state index in [1.807, 2.05) is 20.8 Å². The number of nitrogens with one attached hydrogen (secondary N) is 1. The molecule has 7 heteroatoms. The van der Waals surface area contributed by atoms with Crippen LogP contribution in [0, 0.1) is 5.82 Å². The molecule has 0 radical (unpaired) electrons.